The fraction of sp³-hybridized carbons (Fsp3) is 0.167. The largest absolute Gasteiger partial charge is 0.355 e. The molecule has 0 aliphatic rings. The molecule has 2 nitrogen and oxygen atoms in total. The number of benzene rings is 2. The first-order chi connectivity index (χ1) is 10.0. The number of aromatic nitrogens is 1. The molecule has 0 bridgehead atoms. The van der Waals surface area contributed by atoms with E-state index in [0.29, 0.717) is 0 Å². The highest BCUT2D eigenvalue weighted by atomic mass is 79.9. The summed E-state index contributed by atoms with van der Waals surface area (Å²) in [6, 6.07) is 14.6. The number of rotatable bonds is 2. The standard InChI is InChI=1S/C18H17BrN2/c1-11-4-9-16-17(10-12(2)20-18(16)13(11)3)21-15-7-5-14(19)6-8-15/h4-10H,1-3H3,(H,20,21). The summed E-state index contributed by atoms with van der Waals surface area (Å²) >= 11 is 3.46. The first-order valence-corrected chi connectivity index (χ1v) is 7.74. The lowest BCUT2D eigenvalue weighted by Gasteiger charge is -2.13. The predicted octanol–water partition coefficient (Wildman–Crippen LogP) is 5.67. The highest BCUT2D eigenvalue weighted by Crippen LogP contribution is 2.29. The van der Waals surface area contributed by atoms with Crippen molar-refractivity contribution < 1.29 is 0 Å². The second kappa shape index (κ2) is 5.49. The van der Waals surface area contributed by atoms with Gasteiger partial charge in [-0.2, -0.15) is 0 Å². The molecule has 1 aromatic heterocycles. The van der Waals surface area contributed by atoms with Crippen LogP contribution in [0.3, 0.4) is 0 Å². The van der Waals surface area contributed by atoms with Gasteiger partial charge >= 0.3 is 0 Å². The van der Waals surface area contributed by atoms with Crippen molar-refractivity contribution in [3.8, 4) is 0 Å². The molecule has 2 aromatic carbocycles. The van der Waals surface area contributed by atoms with Crippen LogP contribution in [0.15, 0.2) is 46.9 Å². The smallest absolute Gasteiger partial charge is 0.0757 e. The van der Waals surface area contributed by atoms with Crippen LogP contribution < -0.4 is 5.32 Å². The minimum absolute atomic E-state index is 1.02. The number of anilines is 2. The van der Waals surface area contributed by atoms with Gasteiger partial charge < -0.3 is 5.32 Å². The van der Waals surface area contributed by atoms with Crippen LogP contribution in [0.25, 0.3) is 10.9 Å². The zero-order valence-electron chi connectivity index (χ0n) is 12.4. The van der Waals surface area contributed by atoms with Gasteiger partial charge in [0, 0.05) is 26.9 Å². The van der Waals surface area contributed by atoms with E-state index in [2.05, 4.69) is 65.4 Å². The number of pyridine rings is 1. The van der Waals surface area contributed by atoms with Crippen LogP contribution in [0.4, 0.5) is 11.4 Å². The summed E-state index contributed by atoms with van der Waals surface area (Å²) in [5, 5.41) is 4.66. The molecule has 1 heterocycles. The van der Waals surface area contributed by atoms with Gasteiger partial charge in [0.05, 0.1) is 5.52 Å². The summed E-state index contributed by atoms with van der Waals surface area (Å²) in [5.41, 5.74) is 6.79. The average Bonchev–Trinajstić information content (AvgIpc) is 2.46. The summed E-state index contributed by atoms with van der Waals surface area (Å²) in [5.74, 6) is 0. The monoisotopic (exact) mass is 340 g/mol. The van der Waals surface area contributed by atoms with Crippen molar-refractivity contribution in [3.63, 3.8) is 0 Å². The van der Waals surface area contributed by atoms with Crippen molar-refractivity contribution in [2.75, 3.05) is 5.32 Å². The van der Waals surface area contributed by atoms with Gasteiger partial charge in [-0.25, -0.2) is 0 Å². The fourth-order valence-corrected chi connectivity index (χ4v) is 2.71. The Hall–Kier alpha value is -1.87. The Morgan fingerprint density at radius 3 is 2.38 bits per heavy atom. The van der Waals surface area contributed by atoms with Crippen molar-refractivity contribution in [3.05, 3.63) is 63.8 Å². The summed E-state index contributed by atoms with van der Waals surface area (Å²) in [7, 11) is 0. The van der Waals surface area contributed by atoms with Crippen molar-refractivity contribution in [1.82, 2.24) is 4.98 Å². The van der Waals surface area contributed by atoms with Gasteiger partial charge in [0.2, 0.25) is 0 Å². The van der Waals surface area contributed by atoms with E-state index in [1.807, 2.05) is 19.1 Å². The summed E-state index contributed by atoms with van der Waals surface area (Å²) in [6.07, 6.45) is 0. The van der Waals surface area contributed by atoms with E-state index in [1.54, 1.807) is 0 Å². The molecule has 21 heavy (non-hydrogen) atoms. The van der Waals surface area contributed by atoms with Crippen LogP contribution in [0.1, 0.15) is 16.8 Å². The van der Waals surface area contributed by atoms with Crippen LogP contribution >= 0.6 is 15.9 Å². The molecule has 1 N–H and O–H groups in total. The number of halogens is 1. The molecular weight excluding hydrogens is 324 g/mol. The third-order valence-electron chi connectivity index (χ3n) is 3.76. The Morgan fingerprint density at radius 2 is 1.67 bits per heavy atom. The van der Waals surface area contributed by atoms with E-state index >= 15 is 0 Å². The number of nitrogens with one attached hydrogen (secondary N) is 1. The van der Waals surface area contributed by atoms with Gasteiger partial charge in [-0.15, -0.1) is 0 Å². The third-order valence-corrected chi connectivity index (χ3v) is 4.29. The van der Waals surface area contributed by atoms with Gasteiger partial charge in [0.1, 0.15) is 0 Å². The average molecular weight is 341 g/mol. The van der Waals surface area contributed by atoms with Gasteiger partial charge in [-0.3, -0.25) is 4.98 Å². The molecule has 0 saturated carbocycles. The molecule has 0 fully saturated rings. The number of hydrogen-bond donors (Lipinski definition) is 1. The first kappa shape index (κ1) is 14.1. The number of hydrogen-bond acceptors (Lipinski definition) is 2. The molecule has 0 spiro atoms. The Bertz CT molecular complexity index is 808. The summed E-state index contributed by atoms with van der Waals surface area (Å²) in [6.45, 7) is 6.29. The van der Waals surface area contributed by atoms with E-state index in [9.17, 15) is 0 Å². The molecule has 0 saturated heterocycles. The molecular formula is C18H17BrN2. The molecule has 0 atom stereocenters. The van der Waals surface area contributed by atoms with E-state index in [4.69, 9.17) is 4.98 Å². The van der Waals surface area contributed by atoms with Gasteiger partial charge in [0.15, 0.2) is 0 Å². The second-order valence-corrected chi connectivity index (χ2v) is 6.26. The molecule has 3 rings (SSSR count). The van der Waals surface area contributed by atoms with Gasteiger partial charge in [0.25, 0.3) is 0 Å². The quantitative estimate of drug-likeness (QED) is 0.650. The summed E-state index contributed by atoms with van der Waals surface area (Å²) < 4.78 is 1.08. The molecule has 0 radical (unpaired) electrons. The van der Waals surface area contributed by atoms with E-state index in [0.717, 1.165) is 32.4 Å². The zero-order chi connectivity index (χ0) is 15.0. The topological polar surface area (TPSA) is 24.9 Å². The molecule has 3 heteroatoms. The Balaban J connectivity index is 2.13. The van der Waals surface area contributed by atoms with Crippen LogP contribution in [0.2, 0.25) is 0 Å². The Kier molecular flexibility index (Phi) is 3.68. The van der Waals surface area contributed by atoms with Crippen molar-refractivity contribution in [1.29, 1.82) is 0 Å². The third kappa shape index (κ3) is 2.79. The second-order valence-electron chi connectivity index (χ2n) is 5.35. The maximum atomic E-state index is 4.70. The molecule has 0 aliphatic heterocycles. The van der Waals surface area contributed by atoms with Crippen LogP contribution in [-0.2, 0) is 0 Å². The minimum atomic E-state index is 1.02. The maximum absolute atomic E-state index is 4.70. The van der Waals surface area contributed by atoms with E-state index in [1.165, 1.54) is 11.1 Å². The molecule has 0 amide bonds. The molecule has 0 unspecified atom stereocenters. The Labute approximate surface area is 133 Å². The van der Waals surface area contributed by atoms with Gasteiger partial charge in [-0.05, 0) is 62.2 Å². The van der Waals surface area contributed by atoms with Gasteiger partial charge in [-0.1, -0.05) is 28.1 Å². The molecule has 106 valence electrons. The maximum Gasteiger partial charge on any atom is 0.0757 e. The minimum Gasteiger partial charge on any atom is -0.355 e. The number of fused-ring (bicyclic) bond motifs is 1. The SMILES string of the molecule is Cc1cc(Nc2ccc(Br)cc2)c2ccc(C)c(C)c2n1. The zero-order valence-corrected chi connectivity index (χ0v) is 14.0. The molecule has 0 aliphatic carbocycles. The lowest BCUT2D eigenvalue weighted by molar-refractivity contribution is 1.23. The number of aryl methyl sites for hydroxylation is 3. The van der Waals surface area contributed by atoms with E-state index < -0.39 is 0 Å². The van der Waals surface area contributed by atoms with Crippen LogP contribution in [-0.4, -0.2) is 4.98 Å². The number of nitrogens with zero attached hydrogens (tertiary/aromatic N) is 1. The fourth-order valence-electron chi connectivity index (χ4n) is 2.45. The molecule has 3 aromatic rings. The first-order valence-electron chi connectivity index (χ1n) is 6.95. The predicted molar refractivity (Wildman–Crippen MR) is 93.4 cm³/mol. The van der Waals surface area contributed by atoms with E-state index in [-0.39, 0.29) is 0 Å². The highest BCUT2D eigenvalue weighted by molar-refractivity contribution is 9.10. The lowest BCUT2D eigenvalue weighted by Crippen LogP contribution is -1.96. The Morgan fingerprint density at radius 1 is 0.952 bits per heavy atom. The normalized spacial score (nSPS) is 10.9. The highest BCUT2D eigenvalue weighted by Gasteiger charge is 2.08. The van der Waals surface area contributed by atoms with Crippen molar-refractivity contribution in [2.24, 2.45) is 0 Å². The summed E-state index contributed by atoms with van der Waals surface area (Å²) in [4.78, 5) is 4.70. The van der Waals surface area contributed by atoms with Crippen LogP contribution in [0, 0.1) is 20.8 Å². The van der Waals surface area contributed by atoms with Crippen molar-refractivity contribution in [2.45, 2.75) is 20.8 Å². The van der Waals surface area contributed by atoms with Crippen molar-refractivity contribution >= 4 is 38.2 Å². The lowest BCUT2D eigenvalue weighted by atomic mass is 10.0. The van der Waals surface area contributed by atoms with Crippen LogP contribution in [0.5, 0.6) is 0 Å².